The second-order valence-corrected chi connectivity index (χ2v) is 4.45. The summed E-state index contributed by atoms with van der Waals surface area (Å²) in [5, 5.41) is 2.03. The topological polar surface area (TPSA) is 25.4 Å². The maximum Gasteiger partial charge on any atom is 0.0740 e. The van der Waals surface area contributed by atoms with Gasteiger partial charge in [-0.05, 0) is 39.8 Å². The predicted molar refractivity (Wildman–Crippen MR) is 66.0 cm³/mol. The lowest BCUT2D eigenvalue weighted by Crippen LogP contribution is -2.37. The zero-order valence-electron chi connectivity index (χ0n) is 10.7. The molecule has 0 aliphatic rings. The van der Waals surface area contributed by atoms with Gasteiger partial charge in [0.1, 0.15) is 0 Å². The summed E-state index contributed by atoms with van der Waals surface area (Å²) in [4.78, 5) is 10.0. The molecule has 0 atom stereocenters. The lowest BCUT2D eigenvalue weighted by Gasteiger charge is -2.29. The molecule has 0 unspecified atom stereocenters. The smallest absolute Gasteiger partial charge is 0.0740 e. The van der Waals surface area contributed by atoms with Crippen LogP contribution in [0.4, 0.5) is 0 Å². The summed E-state index contributed by atoms with van der Waals surface area (Å²) < 4.78 is 0. The third-order valence-corrected chi connectivity index (χ3v) is 2.34. The van der Waals surface area contributed by atoms with Crippen molar-refractivity contribution >= 4 is 0 Å². The fourth-order valence-electron chi connectivity index (χ4n) is 1.70. The molecular formula is C13H22N2O. The van der Waals surface area contributed by atoms with E-state index in [2.05, 4.69) is 32.7 Å². The molecule has 1 heterocycles. The molecule has 0 radical (unpaired) electrons. The number of hydroxylamine groups is 2. The van der Waals surface area contributed by atoms with Crippen LogP contribution in [0.25, 0.3) is 0 Å². The van der Waals surface area contributed by atoms with Crippen LogP contribution in [-0.4, -0.2) is 28.7 Å². The summed E-state index contributed by atoms with van der Waals surface area (Å²) >= 11 is 0. The lowest BCUT2D eigenvalue weighted by atomic mass is 10.3. The van der Waals surface area contributed by atoms with Crippen molar-refractivity contribution in [2.75, 3.05) is 6.61 Å². The molecule has 1 rings (SSSR count). The number of nitrogens with zero attached hydrogens (tertiary/aromatic N) is 2. The maximum absolute atomic E-state index is 5.76. The Bertz CT molecular complexity index is 277. The molecule has 0 fully saturated rings. The number of aromatic nitrogens is 1. The fourth-order valence-corrected chi connectivity index (χ4v) is 1.70. The van der Waals surface area contributed by atoms with Crippen molar-refractivity contribution in [2.45, 2.75) is 46.2 Å². The lowest BCUT2D eigenvalue weighted by molar-refractivity contribution is -0.198. The van der Waals surface area contributed by atoms with Crippen molar-refractivity contribution in [2.24, 2.45) is 0 Å². The molecule has 1 aromatic rings. The van der Waals surface area contributed by atoms with Crippen molar-refractivity contribution in [1.29, 1.82) is 0 Å². The van der Waals surface area contributed by atoms with Gasteiger partial charge >= 0.3 is 0 Å². The number of rotatable bonds is 6. The molecule has 0 bridgehead atoms. The van der Waals surface area contributed by atoms with Gasteiger partial charge in [-0.25, -0.2) is 0 Å². The van der Waals surface area contributed by atoms with E-state index in [1.54, 1.807) is 0 Å². The Balaban J connectivity index is 2.34. The van der Waals surface area contributed by atoms with E-state index in [0.717, 1.165) is 12.1 Å². The van der Waals surface area contributed by atoms with Gasteiger partial charge in [0.25, 0.3) is 0 Å². The van der Waals surface area contributed by atoms with E-state index in [-0.39, 0.29) is 0 Å². The third-order valence-electron chi connectivity index (χ3n) is 2.34. The van der Waals surface area contributed by atoms with E-state index in [9.17, 15) is 0 Å². The van der Waals surface area contributed by atoms with Gasteiger partial charge in [-0.2, -0.15) is 5.06 Å². The zero-order valence-corrected chi connectivity index (χ0v) is 10.7. The van der Waals surface area contributed by atoms with Crippen LogP contribution in [0.3, 0.4) is 0 Å². The first-order chi connectivity index (χ1) is 7.61. The van der Waals surface area contributed by atoms with Gasteiger partial charge in [0.15, 0.2) is 0 Å². The molecule has 0 aliphatic heterocycles. The minimum Gasteiger partial charge on any atom is -0.298 e. The number of hydrogen-bond donors (Lipinski definition) is 0. The average molecular weight is 222 g/mol. The second kappa shape index (κ2) is 6.61. The zero-order chi connectivity index (χ0) is 12.0. The van der Waals surface area contributed by atoms with E-state index in [0.29, 0.717) is 18.7 Å². The Kier molecular flexibility index (Phi) is 5.43. The highest BCUT2D eigenvalue weighted by Crippen LogP contribution is 2.06. The summed E-state index contributed by atoms with van der Waals surface area (Å²) in [6.07, 6.45) is 2.68. The van der Waals surface area contributed by atoms with Crippen molar-refractivity contribution < 1.29 is 4.84 Å². The van der Waals surface area contributed by atoms with Gasteiger partial charge in [0, 0.05) is 30.4 Å². The van der Waals surface area contributed by atoms with E-state index >= 15 is 0 Å². The first-order valence-electron chi connectivity index (χ1n) is 5.92. The van der Waals surface area contributed by atoms with Crippen LogP contribution in [0, 0.1) is 0 Å². The highest BCUT2D eigenvalue weighted by Gasteiger charge is 2.13. The van der Waals surface area contributed by atoms with Gasteiger partial charge in [-0.3, -0.25) is 9.82 Å². The molecule has 16 heavy (non-hydrogen) atoms. The van der Waals surface area contributed by atoms with Gasteiger partial charge < -0.3 is 0 Å². The normalized spacial score (nSPS) is 11.7. The summed E-state index contributed by atoms with van der Waals surface area (Å²) in [6.45, 7) is 9.25. The van der Waals surface area contributed by atoms with Crippen LogP contribution in [0.2, 0.25) is 0 Å². The van der Waals surface area contributed by atoms with E-state index in [1.807, 2.05) is 29.5 Å². The van der Waals surface area contributed by atoms with E-state index in [4.69, 9.17) is 4.84 Å². The number of pyridine rings is 1. The monoisotopic (exact) mass is 222 g/mol. The van der Waals surface area contributed by atoms with Gasteiger partial charge in [-0.15, -0.1) is 0 Å². The quantitative estimate of drug-likeness (QED) is 0.692. The molecule has 1 aromatic heterocycles. The Labute approximate surface area is 98.4 Å². The van der Waals surface area contributed by atoms with Crippen LogP contribution in [0.15, 0.2) is 24.4 Å². The Morgan fingerprint density at radius 2 is 1.88 bits per heavy atom. The molecule has 0 aliphatic carbocycles. The minimum absolute atomic E-state index is 0.406. The summed E-state index contributed by atoms with van der Waals surface area (Å²) in [5.74, 6) is 0. The van der Waals surface area contributed by atoms with Gasteiger partial charge in [0.2, 0.25) is 0 Å². The second-order valence-electron chi connectivity index (χ2n) is 4.45. The average Bonchev–Trinajstić information content (AvgIpc) is 2.24. The highest BCUT2D eigenvalue weighted by atomic mass is 16.7. The standard InChI is InChI=1S/C13H22N2O/c1-11(2)15(12(3)4)16-10-8-13-7-5-6-9-14-13/h5-7,9,11-12H,8,10H2,1-4H3. The molecule has 0 spiro atoms. The third kappa shape index (κ3) is 4.29. The molecule has 90 valence electrons. The molecular weight excluding hydrogens is 200 g/mol. The SMILES string of the molecule is CC(C)N(OCCc1ccccn1)C(C)C. The van der Waals surface area contributed by atoms with Gasteiger partial charge in [-0.1, -0.05) is 6.07 Å². The fraction of sp³-hybridized carbons (Fsp3) is 0.615. The first kappa shape index (κ1) is 13.1. The van der Waals surface area contributed by atoms with E-state index in [1.165, 1.54) is 0 Å². The Morgan fingerprint density at radius 3 is 2.38 bits per heavy atom. The Morgan fingerprint density at radius 1 is 1.19 bits per heavy atom. The van der Waals surface area contributed by atoms with Crippen molar-refractivity contribution in [3.05, 3.63) is 30.1 Å². The van der Waals surface area contributed by atoms with Crippen LogP contribution in [0.5, 0.6) is 0 Å². The van der Waals surface area contributed by atoms with Crippen molar-refractivity contribution in [3.63, 3.8) is 0 Å². The molecule has 0 saturated carbocycles. The molecule has 3 heteroatoms. The summed E-state index contributed by atoms with van der Waals surface area (Å²) in [6, 6.07) is 6.77. The molecule has 0 amide bonds. The van der Waals surface area contributed by atoms with Crippen molar-refractivity contribution in [3.8, 4) is 0 Å². The minimum atomic E-state index is 0.406. The van der Waals surface area contributed by atoms with Crippen LogP contribution in [0.1, 0.15) is 33.4 Å². The van der Waals surface area contributed by atoms with Crippen LogP contribution < -0.4 is 0 Å². The summed E-state index contributed by atoms with van der Waals surface area (Å²) in [5.41, 5.74) is 1.08. The first-order valence-corrected chi connectivity index (χ1v) is 5.92. The molecule has 0 N–H and O–H groups in total. The highest BCUT2D eigenvalue weighted by molar-refractivity contribution is 5.03. The van der Waals surface area contributed by atoms with Crippen molar-refractivity contribution in [1.82, 2.24) is 10.0 Å². The van der Waals surface area contributed by atoms with E-state index < -0.39 is 0 Å². The molecule has 0 aromatic carbocycles. The largest absolute Gasteiger partial charge is 0.298 e. The number of hydrogen-bond acceptors (Lipinski definition) is 3. The van der Waals surface area contributed by atoms with Crippen LogP contribution in [-0.2, 0) is 11.3 Å². The van der Waals surface area contributed by atoms with Gasteiger partial charge in [0.05, 0.1) is 6.61 Å². The molecule has 3 nitrogen and oxygen atoms in total. The predicted octanol–water partition coefficient (Wildman–Crippen LogP) is 2.67. The molecule has 0 saturated heterocycles. The van der Waals surface area contributed by atoms with Crippen LogP contribution >= 0.6 is 0 Å². The summed E-state index contributed by atoms with van der Waals surface area (Å²) in [7, 11) is 0. The maximum atomic E-state index is 5.76. The Hall–Kier alpha value is -0.930.